The summed E-state index contributed by atoms with van der Waals surface area (Å²) >= 11 is 0. The molecule has 292 valence electrons. The number of carbonyl (C=O) groups is 2. The largest absolute Gasteiger partial charge is 0.462 e. The SMILES string of the molecule is CC/C=C\C/C=C\C/C=C\CCCCCCOCC(COC(=O)CCCCCCCCCCCCCCC)OC(=O)CCCCCCCCC. The van der Waals surface area contributed by atoms with Gasteiger partial charge in [-0.3, -0.25) is 9.59 Å². The highest BCUT2D eigenvalue weighted by molar-refractivity contribution is 5.70. The van der Waals surface area contributed by atoms with Gasteiger partial charge < -0.3 is 14.2 Å². The van der Waals surface area contributed by atoms with Crippen LogP contribution in [0.15, 0.2) is 36.5 Å². The molecule has 5 heteroatoms. The molecule has 0 aromatic heterocycles. The van der Waals surface area contributed by atoms with Crippen LogP contribution >= 0.6 is 0 Å². The molecule has 0 amide bonds. The Kier molecular flexibility index (Phi) is 40.0. The van der Waals surface area contributed by atoms with Crippen LogP contribution in [0.5, 0.6) is 0 Å². The molecule has 0 aliphatic rings. The van der Waals surface area contributed by atoms with Gasteiger partial charge in [0.05, 0.1) is 6.61 Å². The fourth-order valence-corrected chi connectivity index (χ4v) is 5.99. The molecule has 50 heavy (non-hydrogen) atoms. The van der Waals surface area contributed by atoms with E-state index in [2.05, 4.69) is 57.2 Å². The molecule has 0 radical (unpaired) electrons. The highest BCUT2D eigenvalue weighted by Gasteiger charge is 2.17. The Bertz CT molecular complexity index is 801. The van der Waals surface area contributed by atoms with Gasteiger partial charge in [-0.25, -0.2) is 0 Å². The quantitative estimate of drug-likeness (QED) is 0.0362. The van der Waals surface area contributed by atoms with Crippen LogP contribution < -0.4 is 0 Å². The molecule has 0 aliphatic carbocycles. The summed E-state index contributed by atoms with van der Waals surface area (Å²) in [4.78, 5) is 25.0. The molecule has 0 heterocycles. The summed E-state index contributed by atoms with van der Waals surface area (Å²) in [6.07, 6.45) is 47.2. The van der Waals surface area contributed by atoms with E-state index in [0.717, 1.165) is 64.2 Å². The Morgan fingerprint density at radius 1 is 0.460 bits per heavy atom. The van der Waals surface area contributed by atoms with Crippen molar-refractivity contribution < 1.29 is 23.8 Å². The van der Waals surface area contributed by atoms with Crippen LogP contribution in [-0.2, 0) is 23.8 Å². The monoisotopic (exact) mass is 703 g/mol. The van der Waals surface area contributed by atoms with Crippen molar-refractivity contribution in [2.75, 3.05) is 19.8 Å². The second-order valence-corrected chi connectivity index (χ2v) is 14.2. The molecule has 0 aromatic rings. The van der Waals surface area contributed by atoms with E-state index in [1.54, 1.807) is 0 Å². The zero-order valence-electron chi connectivity index (χ0n) is 33.4. The lowest BCUT2D eigenvalue weighted by Crippen LogP contribution is -2.30. The lowest BCUT2D eigenvalue weighted by atomic mass is 10.0. The predicted octanol–water partition coefficient (Wildman–Crippen LogP) is 13.9. The molecule has 1 unspecified atom stereocenters. The zero-order valence-corrected chi connectivity index (χ0v) is 33.4. The van der Waals surface area contributed by atoms with E-state index in [1.165, 1.54) is 116 Å². The third-order valence-electron chi connectivity index (χ3n) is 9.19. The van der Waals surface area contributed by atoms with E-state index in [1.807, 2.05) is 0 Å². The Morgan fingerprint density at radius 2 is 0.900 bits per heavy atom. The summed E-state index contributed by atoms with van der Waals surface area (Å²) in [5.41, 5.74) is 0. The first-order valence-electron chi connectivity index (χ1n) is 21.5. The number of esters is 2. The molecule has 0 aliphatic heterocycles. The maximum atomic E-state index is 12.6. The highest BCUT2D eigenvalue weighted by Crippen LogP contribution is 2.14. The minimum absolute atomic E-state index is 0.0804. The van der Waals surface area contributed by atoms with Gasteiger partial charge >= 0.3 is 11.9 Å². The Labute approximate surface area is 310 Å². The van der Waals surface area contributed by atoms with Gasteiger partial charge in [0.15, 0.2) is 6.10 Å². The maximum absolute atomic E-state index is 12.6. The topological polar surface area (TPSA) is 61.8 Å². The Hall–Kier alpha value is -1.88. The van der Waals surface area contributed by atoms with E-state index < -0.39 is 6.10 Å². The van der Waals surface area contributed by atoms with Crippen LogP contribution in [0.1, 0.15) is 213 Å². The van der Waals surface area contributed by atoms with Gasteiger partial charge in [0.25, 0.3) is 0 Å². The molecule has 0 fully saturated rings. The minimum atomic E-state index is -0.537. The molecule has 1 atom stereocenters. The molecule has 0 rings (SSSR count). The Morgan fingerprint density at radius 3 is 1.44 bits per heavy atom. The van der Waals surface area contributed by atoms with Crippen LogP contribution in [0, 0.1) is 0 Å². The summed E-state index contributed by atoms with van der Waals surface area (Å²) in [7, 11) is 0. The van der Waals surface area contributed by atoms with Crippen LogP contribution in [0.3, 0.4) is 0 Å². The molecule has 0 aromatic carbocycles. The normalized spacial score (nSPS) is 12.5. The number of unbranched alkanes of at least 4 members (excludes halogenated alkanes) is 22. The number of allylic oxidation sites excluding steroid dienone is 6. The molecule has 0 N–H and O–H groups in total. The van der Waals surface area contributed by atoms with Crippen molar-refractivity contribution in [2.24, 2.45) is 0 Å². The van der Waals surface area contributed by atoms with Crippen molar-refractivity contribution in [3.8, 4) is 0 Å². The van der Waals surface area contributed by atoms with Crippen LogP contribution in [0.2, 0.25) is 0 Å². The molecular formula is C45H82O5. The fraction of sp³-hybridized carbons (Fsp3) is 0.822. The summed E-state index contributed by atoms with van der Waals surface area (Å²) < 4.78 is 17.2. The summed E-state index contributed by atoms with van der Waals surface area (Å²) in [5.74, 6) is -0.410. The lowest BCUT2D eigenvalue weighted by Gasteiger charge is -2.18. The molecular weight excluding hydrogens is 620 g/mol. The number of hydrogen-bond donors (Lipinski definition) is 0. The van der Waals surface area contributed by atoms with Crippen LogP contribution in [0.25, 0.3) is 0 Å². The molecule has 0 saturated heterocycles. The molecule has 0 bridgehead atoms. The van der Waals surface area contributed by atoms with Crippen molar-refractivity contribution in [1.29, 1.82) is 0 Å². The van der Waals surface area contributed by atoms with Crippen LogP contribution in [-0.4, -0.2) is 37.9 Å². The van der Waals surface area contributed by atoms with Crippen molar-refractivity contribution in [3.05, 3.63) is 36.5 Å². The average Bonchev–Trinajstić information content (AvgIpc) is 3.11. The first-order chi connectivity index (χ1) is 24.6. The molecule has 0 spiro atoms. The third kappa shape index (κ3) is 38.9. The third-order valence-corrected chi connectivity index (χ3v) is 9.19. The fourth-order valence-electron chi connectivity index (χ4n) is 5.99. The first kappa shape index (κ1) is 48.1. The first-order valence-corrected chi connectivity index (χ1v) is 21.5. The Balaban J connectivity index is 4.19. The van der Waals surface area contributed by atoms with Gasteiger partial charge in [0.2, 0.25) is 0 Å². The van der Waals surface area contributed by atoms with E-state index in [9.17, 15) is 9.59 Å². The average molecular weight is 703 g/mol. The van der Waals surface area contributed by atoms with Crippen LogP contribution in [0.4, 0.5) is 0 Å². The minimum Gasteiger partial charge on any atom is -0.462 e. The smallest absolute Gasteiger partial charge is 0.306 e. The second-order valence-electron chi connectivity index (χ2n) is 14.2. The predicted molar refractivity (Wildman–Crippen MR) is 215 cm³/mol. The standard InChI is InChI=1S/C45H82O5/c1-4-7-10-13-16-18-20-22-24-26-28-31-34-37-40-48-41-43(50-45(47)39-36-33-29-15-12-9-6-3)42-49-44(46)38-35-32-30-27-25-23-21-19-17-14-11-8-5-2/h7,10,16,18,22,24,43H,4-6,8-9,11-15,17,19-21,23,25-42H2,1-3H3/b10-7-,18-16-,24-22-. The van der Waals surface area contributed by atoms with Gasteiger partial charge in [0, 0.05) is 19.4 Å². The van der Waals surface area contributed by atoms with E-state index in [-0.39, 0.29) is 25.2 Å². The van der Waals surface area contributed by atoms with Crippen molar-refractivity contribution in [3.63, 3.8) is 0 Å². The number of hydrogen-bond acceptors (Lipinski definition) is 5. The summed E-state index contributed by atoms with van der Waals surface area (Å²) in [5, 5.41) is 0. The molecule has 5 nitrogen and oxygen atoms in total. The van der Waals surface area contributed by atoms with Gasteiger partial charge in [-0.15, -0.1) is 0 Å². The van der Waals surface area contributed by atoms with Gasteiger partial charge in [-0.05, 0) is 51.4 Å². The number of carbonyl (C=O) groups excluding carboxylic acids is 2. The molecule has 0 saturated carbocycles. The summed E-state index contributed by atoms with van der Waals surface area (Å²) in [6, 6.07) is 0. The van der Waals surface area contributed by atoms with E-state index >= 15 is 0 Å². The van der Waals surface area contributed by atoms with Crippen molar-refractivity contribution >= 4 is 11.9 Å². The van der Waals surface area contributed by atoms with Gasteiger partial charge in [-0.1, -0.05) is 186 Å². The number of ether oxygens (including phenoxy) is 3. The van der Waals surface area contributed by atoms with Crippen molar-refractivity contribution in [1.82, 2.24) is 0 Å². The lowest BCUT2D eigenvalue weighted by molar-refractivity contribution is -0.163. The summed E-state index contributed by atoms with van der Waals surface area (Å²) in [6.45, 7) is 7.64. The van der Waals surface area contributed by atoms with E-state index in [0.29, 0.717) is 19.4 Å². The second kappa shape index (κ2) is 41.5. The van der Waals surface area contributed by atoms with Gasteiger partial charge in [-0.2, -0.15) is 0 Å². The highest BCUT2D eigenvalue weighted by atomic mass is 16.6. The maximum Gasteiger partial charge on any atom is 0.306 e. The number of rotatable bonds is 39. The van der Waals surface area contributed by atoms with E-state index in [4.69, 9.17) is 14.2 Å². The zero-order chi connectivity index (χ0) is 36.4. The van der Waals surface area contributed by atoms with Crippen molar-refractivity contribution in [2.45, 2.75) is 219 Å². The van der Waals surface area contributed by atoms with Gasteiger partial charge in [0.1, 0.15) is 6.61 Å².